The van der Waals surface area contributed by atoms with Gasteiger partial charge in [0.05, 0.1) is 13.2 Å². The summed E-state index contributed by atoms with van der Waals surface area (Å²) in [6.45, 7) is 2.02. The Morgan fingerprint density at radius 2 is 2.05 bits per heavy atom. The van der Waals surface area contributed by atoms with Gasteiger partial charge in [0, 0.05) is 17.2 Å². The van der Waals surface area contributed by atoms with Crippen molar-refractivity contribution in [1.29, 1.82) is 0 Å². The lowest BCUT2D eigenvalue weighted by Crippen LogP contribution is -2.45. The fraction of sp³-hybridized carbons (Fsp3) is 0.450. The van der Waals surface area contributed by atoms with Gasteiger partial charge in [0.1, 0.15) is 24.0 Å². The SMILES string of the molecule is CCOC(=O)[C@H](C)NP(=O)(OCC1(N=[N+]=[N-])O[C@@H](n2ccc(=O)[nH]c2=O)[C@@H](O)[C@H]1O)Oc1ccccc1. The van der Waals surface area contributed by atoms with Crippen molar-refractivity contribution < 1.29 is 38.1 Å². The molecule has 2 unspecified atom stereocenters. The van der Waals surface area contributed by atoms with E-state index < -0.39 is 61.8 Å². The summed E-state index contributed by atoms with van der Waals surface area (Å²) in [7, 11) is -4.47. The highest BCUT2D eigenvalue weighted by Gasteiger charge is 2.56. The summed E-state index contributed by atoms with van der Waals surface area (Å²) in [5.41, 5.74) is 5.01. The van der Waals surface area contributed by atoms with Crippen molar-refractivity contribution in [2.75, 3.05) is 13.2 Å². The third kappa shape index (κ3) is 6.45. The second-order valence-electron chi connectivity index (χ2n) is 7.77. The highest BCUT2D eigenvalue weighted by molar-refractivity contribution is 7.52. The minimum atomic E-state index is -4.47. The highest BCUT2D eigenvalue weighted by Crippen LogP contribution is 2.48. The molecule has 1 aliphatic heterocycles. The molecule has 0 radical (unpaired) electrons. The Balaban J connectivity index is 1.91. The van der Waals surface area contributed by atoms with Crippen molar-refractivity contribution in [3.8, 4) is 5.75 Å². The van der Waals surface area contributed by atoms with Gasteiger partial charge in [0.25, 0.3) is 5.56 Å². The topological polar surface area (TPSA) is 227 Å². The molecular formula is C20H25N6O10P. The van der Waals surface area contributed by atoms with Gasteiger partial charge in [0.15, 0.2) is 6.23 Å². The molecule has 1 aromatic carbocycles. The first-order valence-electron chi connectivity index (χ1n) is 10.9. The van der Waals surface area contributed by atoms with Crippen molar-refractivity contribution in [1.82, 2.24) is 14.6 Å². The smallest absolute Gasteiger partial charge is 0.459 e. The van der Waals surface area contributed by atoms with Gasteiger partial charge >= 0.3 is 19.4 Å². The van der Waals surface area contributed by atoms with Crippen molar-refractivity contribution in [3.63, 3.8) is 0 Å². The molecule has 4 N–H and O–H groups in total. The quantitative estimate of drug-likeness (QED) is 0.101. The van der Waals surface area contributed by atoms with E-state index >= 15 is 0 Å². The average molecular weight is 540 g/mol. The van der Waals surface area contributed by atoms with E-state index in [1.807, 2.05) is 4.98 Å². The molecule has 1 fully saturated rings. The first-order valence-corrected chi connectivity index (χ1v) is 12.4. The van der Waals surface area contributed by atoms with Crippen molar-refractivity contribution >= 4 is 13.7 Å². The summed E-state index contributed by atoms with van der Waals surface area (Å²) in [6, 6.07) is 7.55. The van der Waals surface area contributed by atoms with Gasteiger partial charge in [0.2, 0.25) is 5.72 Å². The first kappa shape index (κ1) is 28.1. The van der Waals surface area contributed by atoms with E-state index in [1.54, 1.807) is 25.1 Å². The molecule has 0 aliphatic carbocycles. The lowest BCUT2D eigenvalue weighted by molar-refractivity contribution is -0.144. The van der Waals surface area contributed by atoms with Crippen LogP contribution in [0.2, 0.25) is 0 Å². The first-order chi connectivity index (χ1) is 17.5. The predicted octanol–water partition coefficient (Wildman–Crippen LogP) is 0.539. The van der Waals surface area contributed by atoms with Crippen LogP contribution in [0.15, 0.2) is 57.3 Å². The number of esters is 1. The molecule has 200 valence electrons. The van der Waals surface area contributed by atoms with E-state index in [-0.39, 0.29) is 12.4 Å². The molecule has 0 bridgehead atoms. The summed E-state index contributed by atoms with van der Waals surface area (Å²) in [6.07, 6.45) is -4.46. The third-order valence-electron chi connectivity index (χ3n) is 5.14. The number of H-pyrrole nitrogens is 1. The van der Waals surface area contributed by atoms with E-state index in [2.05, 4.69) is 15.1 Å². The van der Waals surface area contributed by atoms with Crippen LogP contribution in [-0.2, 0) is 23.4 Å². The Morgan fingerprint density at radius 1 is 1.35 bits per heavy atom. The van der Waals surface area contributed by atoms with Crippen molar-refractivity contribution in [2.45, 2.75) is 44.1 Å². The van der Waals surface area contributed by atoms with Crippen LogP contribution in [0.3, 0.4) is 0 Å². The second kappa shape index (κ2) is 11.7. The van der Waals surface area contributed by atoms with Crippen LogP contribution in [0.4, 0.5) is 0 Å². The van der Waals surface area contributed by atoms with Crippen LogP contribution in [0.1, 0.15) is 20.1 Å². The number of carbonyl (C=O) groups is 1. The number of carbonyl (C=O) groups excluding carboxylic acids is 1. The van der Waals surface area contributed by atoms with E-state index in [9.17, 15) is 29.2 Å². The molecule has 17 heteroatoms. The van der Waals surface area contributed by atoms with Crippen LogP contribution in [0.25, 0.3) is 10.4 Å². The zero-order chi connectivity index (χ0) is 27.2. The van der Waals surface area contributed by atoms with Crippen molar-refractivity contribution in [2.24, 2.45) is 5.11 Å². The van der Waals surface area contributed by atoms with Crippen LogP contribution >= 0.6 is 7.75 Å². The minimum Gasteiger partial charge on any atom is -0.465 e. The molecule has 0 spiro atoms. The average Bonchev–Trinajstić information content (AvgIpc) is 3.09. The zero-order valence-electron chi connectivity index (χ0n) is 19.7. The normalized spacial score (nSPS) is 25.5. The molecule has 1 aromatic heterocycles. The van der Waals surface area contributed by atoms with E-state index in [1.165, 1.54) is 19.1 Å². The van der Waals surface area contributed by atoms with E-state index in [0.717, 1.165) is 16.8 Å². The number of nitrogens with one attached hydrogen (secondary N) is 2. The van der Waals surface area contributed by atoms with Gasteiger partial charge in [-0.1, -0.05) is 23.3 Å². The number of aromatic amines is 1. The Bertz CT molecular complexity index is 1310. The maximum atomic E-state index is 13.6. The fourth-order valence-electron chi connectivity index (χ4n) is 3.37. The highest BCUT2D eigenvalue weighted by atomic mass is 31.2. The number of aromatic nitrogens is 2. The maximum Gasteiger partial charge on any atom is 0.459 e. The molecule has 37 heavy (non-hydrogen) atoms. The Hall–Kier alpha value is -3.49. The molecule has 16 nitrogen and oxygen atoms in total. The predicted molar refractivity (Wildman–Crippen MR) is 125 cm³/mol. The van der Waals surface area contributed by atoms with E-state index in [4.69, 9.17) is 24.1 Å². The molecular weight excluding hydrogens is 515 g/mol. The second-order valence-corrected chi connectivity index (χ2v) is 9.47. The molecule has 3 rings (SSSR count). The summed E-state index contributed by atoms with van der Waals surface area (Å²) in [4.78, 5) is 40.3. The Labute approximate surface area is 209 Å². The number of hydrogen-bond acceptors (Lipinski definition) is 11. The largest absolute Gasteiger partial charge is 0.465 e. The summed E-state index contributed by atoms with van der Waals surface area (Å²) >= 11 is 0. The Kier molecular flexibility index (Phi) is 8.89. The molecule has 0 saturated carbocycles. The summed E-state index contributed by atoms with van der Waals surface area (Å²) < 4.78 is 35.8. The van der Waals surface area contributed by atoms with Crippen LogP contribution in [-0.4, -0.2) is 62.9 Å². The number of hydrogen-bond donors (Lipinski definition) is 4. The number of azide groups is 1. The minimum absolute atomic E-state index is 0.0545. The zero-order valence-corrected chi connectivity index (χ0v) is 20.6. The molecule has 1 saturated heterocycles. The molecule has 1 aliphatic rings. The number of aliphatic hydroxyl groups is 2. The molecule has 6 atom stereocenters. The lowest BCUT2D eigenvalue weighted by Gasteiger charge is -2.29. The molecule has 2 aromatic rings. The third-order valence-corrected chi connectivity index (χ3v) is 6.77. The fourth-order valence-corrected chi connectivity index (χ4v) is 4.89. The molecule has 0 amide bonds. The summed E-state index contributed by atoms with van der Waals surface area (Å²) in [5, 5.41) is 27.1. The van der Waals surface area contributed by atoms with Gasteiger partial charge < -0.3 is 24.2 Å². The number of ether oxygens (including phenoxy) is 2. The number of aliphatic hydroxyl groups excluding tert-OH is 2. The van der Waals surface area contributed by atoms with E-state index in [0.29, 0.717) is 0 Å². The van der Waals surface area contributed by atoms with Gasteiger partial charge in [-0.3, -0.25) is 23.7 Å². The standard InChI is InChI=1S/C20H25N6O10P/c1-3-33-18(30)12(2)23-37(32,36-13-7-5-4-6-8-13)34-11-20(24-25-21)16(29)15(28)17(35-20)26-10-9-14(27)22-19(26)31/h4-10,12,15-17,28-29H,3,11H2,1-2H3,(H,23,32)(H,22,27,31)/t12-,15-,16+,17+,20?,37?/m0/s1. The number of rotatable bonds is 11. The van der Waals surface area contributed by atoms with Crippen LogP contribution < -0.4 is 20.9 Å². The monoisotopic (exact) mass is 540 g/mol. The van der Waals surface area contributed by atoms with Gasteiger partial charge in [-0.25, -0.2) is 9.36 Å². The maximum absolute atomic E-state index is 13.6. The number of benzene rings is 1. The van der Waals surface area contributed by atoms with Crippen LogP contribution in [0, 0.1) is 0 Å². The number of nitrogens with zero attached hydrogens (tertiary/aromatic N) is 4. The molecule has 2 heterocycles. The van der Waals surface area contributed by atoms with Crippen LogP contribution in [0.5, 0.6) is 5.75 Å². The van der Waals surface area contributed by atoms with Gasteiger partial charge in [-0.2, -0.15) is 5.09 Å². The number of para-hydroxylation sites is 1. The lowest BCUT2D eigenvalue weighted by atomic mass is 10.1. The summed E-state index contributed by atoms with van der Waals surface area (Å²) in [5.74, 6) is -0.685. The van der Waals surface area contributed by atoms with Gasteiger partial charge in [-0.05, 0) is 31.5 Å². The Morgan fingerprint density at radius 3 is 2.68 bits per heavy atom. The van der Waals surface area contributed by atoms with Crippen molar-refractivity contribution in [3.05, 3.63) is 73.9 Å². The van der Waals surface area contributed by atoms with Gasteiger partial charge in [-0.15, -0.1) is 0 Å².